The summed E-state index contributed by atoms with van der Waals surface area (Å²) in [6.07, 6.45) is 1.97. The lowest BCUT2D eigenvalue weighted by molar-refractivity contribution is -0.145. The Bertz CT molecular complexity index is 1120. The summed E-state index contributed by atoms with van der Waals surface area (Å²) >= 11 is 0. The molecule has 1 unspecified atom stereocenters. The van der Waals surface area contributed by atoms with Crippen LogP contribution in [-0.4, -0.2) is 52.4 Å². The number of esters is 1. The summed E-state index contributed by atoms with van der Waals surface area (Å²) in [5.41, 5.74) is 2.03. The number of amides is 1. The Balaban J connectivity index is 1.57. The van der Waals surface area contributed by atoms with Crippen LogP contribution >= 0.6 is 0 Å². The molecule has 7 heteroatoms. The Morgan fingerprint density at radius 3 is 2.55 bits per heavy atom. The summed E-state index contributed by atoms with van der Waals surface area (Å²) in [5.74, 6) is 0.224. The van der Waals surface area contributed by atoms with E-state index < -0.39 is 5.54 Å². The third kappa shape index (κ3) is 3.17. The number of benzene rings is 2. The maximum atomic E-state index is 13.5. The number of ether oxygens (including phenoxy) is 2. The highest BCUT2D eigenvalue weighted by atomic mass is 16.5. The Labute approximate surface area is 180 Å². The van der Waals surface area contributed by atoms with Gasteiger partial charge in [-0.15, -0.1) is 0 Å². The van der Waals surface area contributed by atoms with E-state index >= 15 is 0 Å². The first-order valence-corrected chi connectivity index (χ1v) is 10.4. The molecule has 31 heavy (non-hydrogen) atoms. The van der Waals surface area contributed by atoms with Gasteiger partial charge in [-0.25, -0.2) is 9.48 Å². The molecule has 0 radical (unpaired) electrons. The molecule has 3 aromatic rings. The van der Waals surface area contributed by atoms with E-state index in [1.165, 1.54) is 0 Å². The number of carbonyl (C=O) groups excluding carboxylic acids is 2. The molecule has 2 aromatic carbocycles. The average Bonchev–Trinajstić information content (AvgIpc) is 3.54. The number of likely N-dealkylation sites (tertiary alicyclic amines) is 1. The van der Waals surface area contributed by atoms with Gasteiger partial charge in [-0.2, -0.15) is 5.10 Å². The second-order valence-electron chi connectivity index (χ2n) is 7.87. The first kappa shape index (κ1) is 19.4. The van der Waals surface area contributed by atoms with E-state index in [1.54, 1.807) is 22.8 Å². The van der Waals surface area contributed by atoms with Gasteiger partial charge >= 0.3 is 5.97 Å². The van der Waals surface area contributed by atoms with Crippen molar-refractivity contribution in [1.29, 1.82) is 0 Å². The van der Waals surface area contributed by atoms with Gasteiger partial charge in [0, 0.05) is 18.5 Å². The zero-order chi connectivity index (χ0) is 21.4. The number of aromatic nitrogens is 2. The second-order valence-corrected chi connectivity index (χ2v) is 7.87. The molecular weight excluding hydrogens is 394 g/mol. The Hall–Kier alpha value is -3.61. The van der Waals surface area contributed by atoms with E-state index in [2.05, 4.69) is 5.10 Å². The summed E-state index contributed by atoms with van der Waals surface area (Å²) in [5, 5.41) is 4.67. The highest BCUT2D eigenvalue weighted by Gasteiger charge is 2.54. The molecule has 3 heterocycles. The zero-order valence-electron chi connectivity index (χ0n) is 17.3. The fourth-order valence-electron chi connectivity index (χ4n) is 4.55. The molecule has 1 aromatic heterocycles. The smallest absolute Gasteiger partial charge is 0.332 e. The molecule has 2 aliphatic rings. The van der Waals surface area contributed by atoms with Crippen molar-refractivity contribution in [2.75, 3.05) is 20.3 Å². The Morgan fingerprint density at radius 1 is 1.10 bits per heavy atom. The predicted molar refractivity (Wildman–Crippen MR) is 114 cm³/mol. The van der Waals surface area contributed by atoms with Crippen molar-refractivity contribution in [3.05, 3.63) is 66.4 Å². The van der Waals surface area contributed by atoms with Gasteiger partial charge in [0.05, 0.1) is 25.1 Å². The van der Waals surface area contributed by atoms with Crippen molar-refractivity contribution in [1.82, 2.24) is 14.7 Å². The number of rotatable bonds is 4. The lowest BCUT2D eigenvalue weighted by Crippen LogP contribution is -2.50. The maximum Gasteiger partial charge on any atom is 0.332 e. The van der Waals surface area contributed by atoms with Crippen LogP contribution < -0.4 is 4.74 Å². The van der Waals surface area contributed by atoms with Crippen molar-refractivity contribution in [3.8, 4) is 22.7 Å². The van der Waals surface area contributed by atoms with Crippen LogP contribution in [-0.2, 0) is 9.53 Å². The Kier molecular flexibility index (Phi) is 4.73. The third-order valence-corrected chi connectivity index (χ3v) is 6.18. The van der Waals surface area contributed by atoms with Crippen molar-refractivity contribution in [2.24, 2.45) is 0 Å². The molecule has 2 aliphatic heterocycles. The molecule has 0 saturated carbocycles. The number of hydrogen-bond acceptors (Lipinski definition) is 5. The molecule has 1 atom stereocenters. The summed E-state index contributed by atoms with van der Waals surface area (Å²) in [7, 11) is 1.62. The summed E-state index contributed by atoms with van der Waals surface area (Å²) in [6, 6.07) is 19.1. The van der Waals surface area contributed by atoms with Gasteiger partial charge < -0.3 is 14.4 Å². The average molecular weight is 417 g/mol. The standard InChI is InChI=1S/C24H23N3O4/c1-30-19-10-8-17(9-11-19)21-16-20(25-27(21)18-6-3-2-4-7-18)22(28)26-14-5-12-24(26)13-15-31-23(24)29/h2-4,6-11,16H,5,12-15H2,1H3. The number of methoxy groups -OCH3 is 1. The maximum absolute atomic E-state index is 13.5. The van der Waals surface area contributed by atoms with Crippen molar-refractivity contribution >= 4 is 11.9 Å². The fraction of sp³-hybridized carbons (Fsp3) is 0.292. The first-order chi connectivity index (χ1) is 15.1. The number of para-hydroxylation sites is 1. The molecule has 158 valence electrons. The van der Waals surface area contributed by atoms with Gasteiger partial charge in [0.2, 0.25) is 0 Å². The molecule has 2 fully saturated rings. The summed E-state index contributed by atoms with van der Waals surface area (Å²) in [4.78, 5) is 27.6. The second kappa shape index (κ2) is 7.58. The van der Waals surface area contributed by atoms with Crippen LogP contribution in [0.25, 0.3) is 16.9 Å². The topological polar surface area (TPSA) is 73.7 Å². The number of cyclic esters (lactones) is 1. The van der Waals surface area contributed by atoms with Crippen LogP contribution in [0.3, 0.4) is 0 Å². The minimum Gasteiger partial charge on any atom is -0.497 e. The largest absolute Gasteiger partial charge is 0.497 e. The van der Waals surface area contributed by atoms with Crippen molar-refractivity contribution in [2.45, 2.75) is 24.8 Å². The van der Waals surface area contributed by atoms with Gasteiger partial charge in [-0.05, 0) is 55.3 Å². The monoisotopic (exact) mass is 417 g/mol. The zero-order valence-corrected chi connectivity index (χ0v) is 17.3. The van der Waals surface area contributed by atoms with Gasteiger partial charge in [-0.1, -0.05) is 18.2 Å². The van der Waals surface area contributed by atoms with Crippen molar-refractivity contribution in [3.63, 3.8) is 0 Å². The molecule has 0 bridgehead atoms. The summed E-state index contributed by atoms with van der Waals surface area (Å²) < 4.78 is 12.3. The van der Waals surface area contributed by atoms with Crippen LogP contribution in [0.2, 0.25) is 0 Å². The molecule has 5 rings (SSSR count). The van der Waals surface area contributed by atoms with Gasteiger partial charge in [0.15, 0.2) is 5.69 Å². The van der Waals surface area contributed by atoms with E-state index in [1.807, 2.05) is 54.6 Å². The van der Waals surface area contributed by atoms with Gasteiger partial charge in [-0.3, -0.25) is 4.79 Å². The molecule has 7 nitrogen and oxygen atoms in total. The van der Waals surface area contributed by atoms with E-state index in [0.717, 1.165) is 29.1 Å². The van der Waals surface area contributed by atoms with E-state index in [4.69, 9.17) is 9.47 Å². The first-order valence-electron chi connectivity index (χ1n) is 10.4. The highest BCUT2D eigenvalue weighted by molar-refractivity contribution is 5.98. The highest BCUT2D eigenvalue weighted by Crippen LogP contribution is 2.38. The van der Waals surface area contributed by atoms with E-state index in [-0.39, 0.29) is 11.9 Å². The van der Waals surface area contributed by atoms with Crippen LogP contribution in [0.15, 0.2) is 60.7 Å². The van der Waals surface area contributed by atoms with Crippen LogP contribution in [0.1, 0.15) is 29.8 Å². The van der Waals surface area contributed by atoms with E-state index in [9.17, 15) is 9.59 Å². The minimum atomic E-state index is -0.839. The molecule has 1 spiro atoms. The van der Waals surface area contributed by atoms with Crippen LogP contribution in [0.5, 0.6) is 5.75 Å². The third-order valence-electron chi connectivity index (χ3n) is 6.18. The number of hydrogen-bond donors (Lipinski definition) is 0. The molecule has 0 N–H and O–H groups in total. The van der Waals surface area contributed by atoms with Gasteiger partial charge in [0.1, 0.15) is 11.3 Å². The number of carbonyl (C=O) groups is 2. The van der Waals surface area contributed by atoms with E-state index in [0.29, 0.717) is 31.7 Å². The normalized spacial score (nSPS) is 20.3. The minimum absolute atomic E-state index is 0.235. The lowest BCUT2D eigenvalue weighted by Gasteiger charge is -2.30. The number of nitrogens with zero attached hydrogens (tertiary/aromatic N) is 3. The predicted octanol–water partition coefficient (Wildman–Crippen LogP) is 3.47. The fourth-order valence-corrected chi connectivity index (χ4v) is 4.55. The molecule has 2 saturated heterocycles. The molecule has 1 amide bonds. The quantitative estimate of drug-likeness (QED) is 0.608. The Morgan fingerprint density at radius 2 is 1.87 bits per heavy atom. The van der Waals surface area contributed by atoms with Gasteiger partial charge in [0.25, 0.3) is 5.91 Å². The lowest BCUT2D eigenvalue weighted by atomic mass is 9.94. The SMILES string of the molecule is COc1ccc(-c2cc(C(=O)N3CCCC34CCOC4=O)nn2-c2ccccc2)cc1. The summed E-state index contributed by atoms with van der Waals surface area (Å²) in [6.45, 7) is 0.891. The molecule has 0 aliphatic carbocycles. The molecular formula is C24H23N3O4. The van der Waals surface area contributed by atoms with Crippen LogP contribution in [0.4, 0.5) is 0 Å². The van der Waals surface area contributed by atoms with Crippen molar-refractivity contribution < 1.29 is 19.1 Å². The van der Waals surface area contributed by atoms with Crippen LogP contribution in [0, 0.1) is 0 Å².